The first kappa shape index (κ1) is 7.99. The Kier molecular flexibility index (Phi) is 1.85. The van der Waals surface area contributed by atoms with Crippen LogP contribution in [0.5, 0.6) is 0 Å². The van der Waals surface area contributed by atoms with E-state index in [0.29, 0.717) is 0 Å². The smallest absolute Gasteiger partial charge is 0.159 e. The summed E-state index contributed by atoms with van der Waals surface area (Å²) in [5.41, 5.74) is 0.777. The minimum absolute atomic E-state index is 0.116. The summed E-state index contributed by atoms with van der Waals surface area (Å²) in [6, 6.07) is 13.8. The second-order valence-corrected chi connectivity index (χ2v) is 3.12. The zero-order valence-corrected chi connectivity index (χ0v) is 7.45. The Morgan fingerprint density at radius 2 is 1.69 bits per heavy atom. The Morgan fingerprint density at radius 1 is 1.00 bits per heavy atom. The molecule has 0 aliphatic heterocycles. The maximum Gasteiger partial charge on any atom is 0.159 e. The van der Waals surface area contributed by atoms with Crippen LogP contribution in [0.3, 0.4) is 0 Å². The minimum Gasteiger partial charge on any atom is -0.295 e. The second-order valence-electron chi connectivity index (χ2n) is 3.12. The van der Waals surface area contributed by atoms with Crippen LogP contribution >= 0.6 is 0 Å². The van der Waals surface area contributed by atoms with Gasteiger partial charge in [0.1, 0.15) is 0 Å². The van der Waals surface area contributed by atoms with Crippen molar-refractivity contribution in [2.75, 3.05) is 0 Å². The average Bonchev–Trinajstić information content (AvgIpc) is 2.17. The monoisotopic (exact) mass is 169 g/mol. The van der Waals surface area contributed by atoms with E-state index in [2.05, 4.69) is 0 Å². The van der Waals surface area contributed by atoms with Gasteiger partial charge in [0.25, 0.3) is 0 Å². The largest absolute Gasteiger partial charge is 0.295 e. The fourth-order valence-corrected chi connectivity index (χ4v) is 1.41. The van der Waals surface area contributed by atoms with Crippen LogP contribution in [0.15, 0.2) is 42.5 Å². The fraction of sp³-hybridized carbons (Fsp3) is 0.0833. The van der Waals surface area contributed by atoms with E-state index < -0.39 is 0 Å². The van der Waals surface area contributed by atoms with Gasteiger partial charge in [-0.3, -0.25) is 4.79 Å². The maximum absolute atomic E-state index is 11.1. The van der Waals surface area contributed by atoms with Crippen LogP contribution < -0.4 is 0 Å². The summed E-state index contributed by atoms with van der Waals surface area (Å²) in [4.78, 5) is 11.1. The summed E-state index contributed by atoms with van der Waals surface area (Å²) >= 11 is 0. The topological polar surface area (TPSA) is 17.1 Å². The van der Waals surface area contributed by atoms with Crippen LogP contribution in [0.2, 0.25) is 0 Å². The number of ketones is 1. The van der Waals surface area contributed by atoms with Crippen LogP contribution in [0.4, 0.5) is 0 Å². The Morgan fingerprint density at radius 3 is 2.38 bits per heavy atom. The predicted octanol–water partition coefficient (Wildman–Crippen LogP) is 3.04. The molecule has 0 bridgehead atoms. The highest BCUT2D eigenvalue weighted by atomic mass is 16.1. The Bertz CT molecular complexity index is 457. The predicted molar refractivity (Wildman–Crippen MR) is 54.0 cm³/mol. The third-order valence-electron chi connectivity index (χ3n) is 2.16. The van der Waals surface area contributed by atoms with Gasteiger partial charge >= 0.3 is 0 Å². The van der Waals surface area contributed by atoms with E-state index in [1.165, 1.54) is 5.39 Å². The summed E-state index contributed by atoms with van der Waals surface area (Å²) in [5.74, 6) is 0.116. The zero-order chi connectivity index (χ0) is 9.26. The van der Waals surface area contributed by atoms with Crippen molar-refractivity contribution in [2.45, 2.75) is 6.92 Å². The lowest BCUT2D eigenvalue weighted by Gasteiger charge is -1.99. The SMILES string of the molecule is C[11C](=O)c1ccc2ccccc2c1. The van der Waals surface area contributed by atoms with Crippen molar-refractivity contribution in [1.29, 1.82) is 0 Å². The first-order valence-corrected chi connectivity index (χ1v) is 4.27. The fourth-order valence-electron chi connectivity index (χ4n) is 1.41. The van der Waals surface area contributed by atoms with Gasteiger partial charge in [0.2, 0.25) is 0 Å². The van der Waals surface area contributed by atoms with Crippen molar-refractivity contribution < 1.29 is 4.79 Å². The van der Waals surface area contributed by atoms with Crippen molar-refractivity contribution in [3.63, 3.8) is 0 Å². The molecule has 0 N–H and O–H groups in total. The van der Waals surface area contributed by atoms with Crippen LogP contribution in [0.25, 0.3) is 10.8 Å². The highest BCUT2D eigenvalue weighted by Crippen LogP contribution is 2.15. The third kappa shape index (κ3) is 1.45. The Labute approximate surface area is 77.0 Å². The summed E-state index contributed by atoms with van der Waals surface area (Å²) < 4.78 is 0. The van der Waals surface area contributed by atoms with Gasteiger partial charge in [-0.05, 0) is 23.8 Å². The zero-order valence-electron chi connectivity index (χ0n) is 7.45. The number of Topliss-reactive ketones (excluding diaryl/α,β-unsaturated/α-hetero) is 1. The number of rotatable bonds is 1. The number of fused-ring (bicyclic) bond motifs is 1. The molecule has 1 nitrogen and oxygen atoms in total. The van der Waals surface area contributed by atoms with Gasteiger partial charge in [-0.2, -0.15) is 0 Å². The van der Waals surface area contributed by atoms with E-state index in [0.717, 1.165) is 10.9 Å². The molecule has 0 saturated carbocycles. The molecule has 13 heavy (non-hydrogen) atoms. The standard InChI is InChI=1S/C12H10O/c1-9(13)11-7-6-10-4-2-3-5-12(10)8-11/h2-8H,1H3/i9-1. The summed E-state index contributed by atoms with van der Waals surface area (Å²) in [6.45, 7) is 1.59. The van der Waals surface area contributed by atoms with E-state index in [1.54, 1.807) is 6.92 Å². The molecule has 0 aliphatic carbocycles. The van der Waals surface area contributed by atoms with Crippen molar-refractivity contribution >= 4 is 16.6 Å². The van der Waals surface area contributed by atoms with E-state index >= 15 is 0 Å². The molecule has 0 aromatic heterocycles. The van der Waals surface area contributed by atoms with Gasteiger partial charge < -0.3 is 0 Å². The molecule has 0 atom stereocenters. The summed E-state index contributed by atoms with van der Waals surface area (Å²) in [7, 11) is 0. The molecule has 2 aromatic rings. The molecular weight excluding hydrogens is 159 g/mol. The molecule has 0 heterocycles. The number of benzene rings is 2. The van der Waals surface area contributed by atoms with E-state index in [-0.39, 0.29) is 5.78 Å². The molecule has 2 aromatic carbocycles. The van der Waals surface area contributed by atoms with Gasteiger partial charge in [0.15, 0.2) is 5.78 Å². The third-order valence-corrected chi connectivity index (χ3v) is 2.16. The highest BCUT2D eigenvalue weighted by molar-refractivity contribution is 5.98. The number of carbonyl (C=O) groups excluding carboxylic acids is 1. The van der Waals surface area contributed by atoms with Gasteiger partial charge in [-0.25, -0.2) is 0 Å². The lowest BCUT2D eigenvalue weighted by atomic mass is 9.79. The van der Waals surface area contributed by atoms with Gasteiger partial charge in [0.05, 0.1) is 0 Å². The van der Waals surface area contributed by atoms with E-state index in [1.807, 2.05) is 42.5 Å². The Balaban J connectivity index is 2.69. The maximum atomic E-state index is 11.1. The molecule has 0 unspecified atom stereocenters. The van der Waals surface area contributed by atoms with Crippen LogP contribution in [0.1, 0.15) is 17.3 Å². The van der Waals surface area contributed by atoms with Gasteiger partial charge in [0, 0.05) is 5.56 Å². The first-order valence-electron chi connectivity index (χ1n) is 4.27. The summed E-state index contributed by atoms with van der Waals surface area (Å²) in [5, 5.41) is 2.29. The number of hydrogen-bond acceptors (Lipinski definition) is 1. The van der Waals surface area contributed by atoms with Crippen molar-refractivity contribution in [2.24, 2.45) is 0 Å². The molecule has 0 spiro atoms. The van der Waals surface area contributed by atoms with Crippen molar-refractivity contribution in [3.8, 4) is 0 Å². The first-order chi connectivity index (χ1) is 6.27. The lowest BCUT2D eigenvalue weighted by molar-refractivity contribution is 0.101. The summed E-state index contributed by atoms with van der Waals surface area (Å²) in [6.07, 6.45) is 0. The molecule has 64 valence electrons. The second kappa shape index (κ2) is 3.02. The van der Waals surface area contributed by atoms with Crippen molar-refractivity contribution in [3.05, 3.63) is 48.0 Å². The normalized spacial score (nSPS) is 10.2. The molecule has 0 fully saturated rings. The minimum atomic E-state index is 0.116. The molecule has 2 rings (SSSR count). The molecule has 0 amide bonds. The Hall–Kier alpha value is -1.63. The van der Waals surface area contributed by atoms with E-state index in [4.69, 9.17) is 0 Å². The van der Waals surface area contributed by atoms with Crippen LogP contribution in [-0.4, -0.2) is 5.78 Å². The number of carbonyl (C=O) groups is 1. The lowest BCUT2D eigenvalue weighted by Crippen LogP contribution is -1.90. The molecular formula is C12H10O. The number of hydrogen-bond donors (Lipinski definition) is 0. The van der Waals surface area contributed by atoms with Crippen LogP contribution in [0, 0.1) is 0 Å². The van der Waals surface area contributed by atoms with Gasteiger partial charge in [-0.15, -0.1) is 0 Å². The quantitative estimate of drug-likeness (QED) is 0.599. The highest BCUT2D eigenvalue weighted by Gasteiger charge is 1.99. The van der Waals surface area contributed by atoms with Crippen molar-refractivity contribution in [1.82, 2.24) is 0 Å². The molecule has 0 saturated heterocycles. The van der Waals surface area contributed by atoms with E-state index in [9.17, 15) is 4.79 Å². The molecule has 0 radical (unpaired) electrons. The molecule has 0 aliphatic rings. The van der Waals surface area contributed by atoms with Gasteiger partial charge in [-0.1, -0.05) is 36.4 Å². The average molecular weight is 169 g/mol. The molecule has 1 heteroatoms. The van der Waals surface area contributed by atoms with Crippen LogP contribution in [-0.2, 0) is 0 Å².